The topological polar surface area (TPSA) is 81.0 Å². The number of esters is 1. The zero-order chi connectivity index (χ0) is 23.4. The van der Waals surface area contributed by atoms with Gasteiger partial charge in [0.25, 0.3) is 11.5 Å². The van der Waals surface area contributed by atoms with Crippen molar-refractivity contribution in [1.29, 1.82) is 0 Å². The first-order chi connectivity index (χ1) is 15.8. The zero-order valence-electron chi connectivity index (χ0n) is 18.0. The Balaban J connectivity index is 1.88. The van der Waals surface area contributed by atoms with Crippen LogP contribution in [0.4, 0.5) is 5.69 Å². The number of carbonyl (C=O) groups excluding carboxylic acids is 2. The third kappa shape index (κ3) is 3.09. The molecule has 0 saturated heterocycles. The van der Waals surface area contributed by atoms with Gasteiger partial charge in [-0.05, 0) is 24.6 Å². The summed E-state index contributed by atoms with van der Waals surface area (Å²) in [6, 6.07) is 13.5. The number of halogens is 1. The van der Waals surface area contributed by atoms with E-state index >= 15 is 0 Å². The Morgan fingerprint density at radius 3 is 2.55 bits per heavy atom. The van der Waals surface area contributed by atoms with Crippen LogP contribution in [0.25, 0.3) is 5.57 Å². The number of methoxy groups -OCH3 is 1. The van der Waals surface area contributed by atoms with Crippen molar-refractivity contribution in [3.05, 3.63) is 95.6 Å². The summed E-state index contributed by atoms with van der Waals surface area (Å²) in [4.78, 5) is 46.2. The fourth-order valence-corrected chi connectivity index (χ4v) is 5.70. The minimum atomic E-state index is -0.832. The number of likely N-dealkylation sites (N-methyl/N-ethyl adjacent to an activating group) is 1. The number of thiazole rings is 1. The van der Waals surface area contributed by atoms with Crippen LogP contribution in [0.5, 0.6) is 0 Å². The molecule has 3 heterocycles. The number of fused-ring (bicyclic) bond motifs is 2. The Morgan fingerprint density at radius 1 is 1.12 bits per heavy atom. The summed E-state index contributed by atoms with van der Waals surface area (Å²) < 4.78 is 6.72. The molecule has 0 fully saturated rings. The number of para-hydroxylation sites is 1. The van der Waals surface area contributed by atoms with E-state index in [1.165, 1.54) is 16.6 Å². The number of anilines is 1. The normalized spacial score (nSPS) is 18.7. The highest BCUT2D eigenvalue weighted by Crippen LogP contribution is 2.36. The molecule has 33 heavy (non-hydrogen) atoms. The number of rotatable bonds is 2. The molecule has 1 atom stereocenters. The van der Waals surface area contributed by atoms with E-state index in [1.807, 2.05) is 24.3 Å². The minimum absolute atomic E-state index is 0.227. The Labute approximate surface area is 197 Å². The van der Waals surface area contributed by atoms with Crippen LogP contribution in [0.15, 0.2) is 69.6 Å². The largest absolute Gasteiger partial charge is 0.466 e. The molecule has 0 spiro atoms. The monoisotopic (exact) mass is 479 g/mol. The van der Waals surface area contributed by atoms with E-state index in [0.717, 1.165) is 17.0 Å². The maximum Gasteiger partial charge on any atom is 0.338 e. The Hall–Kier alpha value is -3.49. The van der Waals surface area contributed by atoms with Crippen molar-refractivity contribution in [1.82, 2.24) is 4.57 Å². The number of allylic oxidation sites excluding steroid dienone is 1. The molecule has 2 aromatic carbocycles. The van der Waals surface area contributed by atoms with Crippen molar-refractivity contribution in [3.8, 4) is 0 Å². The SMILES string of the molecule is COC(=O)C1=C(C)N=c2s/c(=C3\C(=O)N(C)c4ccccc43)c(=O)n2[C@@H]1c1ccccc1Cl. The van der Waals surface area contributed by atoms with Gasteiger partial charge in [0.05, 0.1) is 29.6 Å². The van der Waals surface area contributed by atoms with Crippen molar-refractivity contribution in [2.45, 2.75) is 13.0 Å². The van der Waals surface area contributed by atoms with Crippen LogP contribution in [-0.4, -0.2) is 30.6 Å². The van der Waals surface area contributed by atoms with Gasteiger partial charge in [-0.2, -0.15) is 0 Å². The molecule has 0 saturated carbocycles. The van der Waals surface area contributed by atoms with Crippen molar-refractivity contribution in [2.75, 3.05) is 19.1 Å². The van der Waals surface area contributed by atoms with Gasteiger partial charge in [0, 0.05) is 17.6 Å². The maximum absolute atomic E-state index is 13.8. The van der Waals surface area contributed by atoms with Crippen molar-refractivity contribution in [3.63, 3.8) is 0 Å². The predicted octanol–water partition coefficient (Wildman–Crippen LogP) is 2.41. The highest BCUT2D eigenvalue weighted by molar-refractivity contribution is 7.07. The molecule has 2 aliphatic rings. The predicted molar refractivity (Wildman–Crippen MR) is 126 cm³/mol. The second-order valence-electron chi connectivity index (χ2n) is 7.67. The summed E-state index contributed by atoms with van der Waals surface area (Å²) >= 11 is 7.63. The fourth-order valence-electron chi connectivity index (χ4n) is 4.32. The van der Waals surface area contributed by atoms with Gasteiger partial charge in [-0.1, -0.05) is 59.3 Å². The average Bonchev–Trinajstić information content (AvgIpc) is 3.26. The van der Waals surface area contributed by atoms with E-state index in [2.05, 4.69) is 4.99 Å². The first-order valence-electron chi connectivity index (χ1n) is 10.1. The highest BCUT2D eigenvalue weighted by Gasteiger charge is 2.36. The molecule has 7 nitrogen and oxygen atoms in total. The lowest BCUT2D eigenvalue weighted by Gasteiger charge is -2.25. The number of aromatic nitrogens is 1. The van der Waals surface area contributed by atoms with Gasteiger partial charge in [0.2, 0.25) is 0 Å². The van der Waals surface area contributed by atoms with E-state index < -0.39 is 17.6 Å². The van der Waals surface area contributed by atoms with E-state index in [-0.39, 0.29) is 16.0 Å². The molecule has 1 amide bonds. The molecule has 0 N–H and O–H groups in total. The quantitative estimate of drug-likeness (QED) is 0.529. The molecule has 3 aromatic rings. The number of benzene rings is 2. The second kappa shape index (κ2) is 7.83. The van der Waals surface area contributed by atoms with Crippen molar-refractivity contribution >= 4 is 46.1 Å². The number of amides is 1. The lowest BCUT2D eigenvalue weighted by Crippen LogP contribution is -2.40. The standard InChI is InChI=1S/C24H18ClN3O4S/c1-12-17(23(31)32-3)19(13-8-4-6-10-15(13)25)28-22(30)20(33-24(28)26-12)18-14-9-5-7-11-16(14)27(2)21(18)29/h4-11,19H,1-3H3/b20-18-/t19-/m1/s1. The molecule has 1 aromatic heterocycles. The maximum atomic E-state index is 13.8. The van der Waals surface area contributed by atoms with Crippen LogP contribution in [0.2, 0.25) is 5.02 Å². The van der Waals surface area contributed by atoms with Gasteiger partial charge in [-0.15, -0.1) is 0 Å². The summed E-state index contributed by atoms with van der Waals surface area (Å²) in [5, 5.41) is 0.402. The van der Waals surface area contributed by atoms with Crippen LogP contribution in [0.1, 0.15) is 24.1 Å². The number of nitrogens with zero attached hydrogens (tertiary/aromatic N) is 3. The Morgan fingerprint density at radius 2 is 1.82 bits per heavy atom. The molecular formula is C24H18ClN3O4S. The smallest absolute Gasteiger partial charge is 0.338 e. The number of carbonyl (C=O) groups is 2. The first kappa shape index (κ1) is 21.4. The van der Waals surface area contributed by atoms with Gasteiger partial charge in [-0.3, -0.25) is 14.2 Å². The van der Waals surface area contributed by atoms with Gasteiger partial charge >= 0.3 is 5.97 Å². The molecule has 0 unspecified atom stereocenters. The summed E-state index contributed by atoms with van der Waals surface area (Å²) in [5.41, 5.74) is 2.57. The van der Waals surface area contributed by atoms with Crippen LogP contribution >= 0.6 is 22.9 Å². The summed E-state index contributed by atoms with van der Waals surface area (Å²) in [6.07, 6.45) is 0. The van der Waals surface area contributed by atoms with Crippen LogP contribution in [-0.2, 0) is 14.3 Å². The molecule has 9 heteroatoms. The summed E-state index contributed by atoms with van der Waals surface area (Å²) in [5.74, 6) is -0.860. The third-order valence-electron chi connectivity index (χ3n) is 5.88. The molecule has 0 aliphatic carbocycles. The summed E-state index contributed by atoms with van der Waals surface area (Å²) in [7, 11) is 2.96. The molecule has 0 radical (unpaired) electrons. The molecule has 0 bridgehead atoms. The number of ether oxygens (including phenoxy) is 1. The molecule has 5 rings (SSSR count). The van der Waals surface area contributed by atoms with E-state index in [1.54, 1.807) is 38.2 Å². The zero-order valence-corrected chi connectivity index (χ0v) is 19.5. The number of hydrogen-bond donors (Lipinski definition) is 0. The van der Waals surface area contributed by atoms with E-state index in [9.17, 15) is 14.4 Å². The van der Waals surface area contributed by atoms with Gasteiger partial charge in [-0.25, -0.2) is 9.79 Å². The number of hydrogen-bond acceptors (Lipinski definition) is 6. The van der Waals surface area contributed by atoms with Crippen LogP contribution in [0.3, 0.4) is 0 Å². The van der Waals surface area contributed by atoms with E-state index in [0.29, 0.717) is 32.2 Å². The molecular weight excluding hydrogens is 462 g/mol. The third-order valence-corrected chi connectivity index (χ3v) is 7.28. The van der Waals surface area contributed by atoms with Crippen molar-refractivity contribution < 1.29 is 14.3 Å². The van der Waals surface area contributed by atoms with Gasteiger partial charge in [0.15, 0.2) is 4.80 Å². The minimum Gasteiger partial charge on any atom is -0.466 e. The highest BCUT2D eigenvalue weighted by atomic mass is 35.5. The Kier molecular flexibility index (Phi) is 5.07. The van der Waals surface area contributed by atoms with Gasteiger partial charge in [0.1, 0.15) is 10.6 Å². The lowest BCUT2D eigenvalue weighted by molar-refractivity contribution is -0.136. The first-order valence-corrected chi connectivity index (χ1v) is 11.3. The average molecular weight is 480 g/mol. The Bertz CT molecular complexity index is 1570. The lowest BCUT2D eigenvalue weighted by atomic mass is 9.96. The fraction of sp³-hybridized carbons (Fsp3) is 0.167. The van der Waals surface area contributed by atoms with E-state index in [4.69, 9.17) is 16.3 Å². The molecule has 2 aliphatic heterocycles. The van der Waals surface area contributed by atoms with Crippen molar-refractivity contribution in [2.24, 2.45) is 4.99 Å². The summed E-state index contributed by atoms with van der Waals surface area (Å²) in [6.45, 7) is 1.69. The molecule has 166 valence electrons. The van der Waals surface area contributed by atoms with Crippen LogP contribution in [0, 0.1) is 0 Å². The second-order valence-corrected chi connectivity index (χ2v) is 9.06. The van der Waals surface area contributed by atoms with Gasteiger partial charge < -0.3 is 9.64 Å². The van der Waals surface area contributed by atoms with Crippen LogP contribution < -0.4 is 19.8 Å².